The SMILES string of the molecule is C=C1COC(=O)N1C(=O)OCC. The number of hydrogen-bond acceptors (Lipinski definition) is 4. The van der Waals surface area contributed by atoms with Gasteiger partial charge in [0.15, 0.2) is 0 Å². The number of cyclic esters (lactones) is 1. The quantitative estimate of drug-likeness (QED) is 0.593. The van der Waals surface area contributed by atoms with E-state index >= 15 is 0 Å². The van der Waals surface area contributed by atoms with Gasteiger partial charge in [-0.3, -0.25) is 0 Å². The predicted molar refractivity (Wildman–Crippen MR) is 39.3 cm³/mol. The van der Waals surface area contributed by atoms with Crippen LogP contribution in [0.15, 0.2) is 12.3 Å². The molecular weight excluding hydrogens is 162 g/mol. The molecule has 0 aromatic rings. The topological polar surface area (TPSA) is 55.8 Å². The molecule has 0 N–H and O–H groups in total. The number of rotatable bonds is 1. The molecule has 1 saturated heterocycles. The zero-order valence-electron chi connectivity index (χ0n) is 6.70. The van der Waals surface area contributed by atoms with E-state index in [1.807, 2.05) is 0 Å². The number of nitrogens with zero attached hydrogens (tertiary/aromatic N) is 1. The van der Waals surface area contributed by atoms with E-state index in [2.05, 4.69) is 16.1 Å². The first kappa shape index (κ1) is 8.58. The Morgan fingerprint density at radius 3 is 2.92 bits per heavy atom. The molecular formula is C7H9NO4. The third-order valence-corrected chi connectivity index (χ3v) is 1.31. The first-order valence-corrected chi connectivity index (χ1v) is 3.48. The van der Waals surface area contributed by atoms with Crippen molar-refractivity contribution in [3.05, 3.63) is 12.3 Å². The summed E-state index contributed by atoms with van der Waals surface area (Å²) >= 11 is 0. The summed E-state index contributed by atoms with van der Waals surface area (Å²) in [6.07, 6.45) is -1.46. The Kier molecular flexibility index (Phi) is 2.32. The standard InChI is InChI=1S/C7H9NO4/c1-3-11-6(9)8-5(2)4-12-7(8)10/h2-4H2,1H3. The van der Waals surface area contributed by atoms with Crippen molar-refractivity contribution in [3.63, 3.8) is 0 Å². The Morgan fingerprint density at radius 2 is 2.50 bits per heavy atom. The monoisotopic (exact) mass is 171 g/mol. The van der Waals surface area contributed by atoms with E-state index in [0.717, 1.165) is 4.90 Å². The van der Waals surface area contributed by atoms with E-state index in [0.29, 0.717) is 5.70 Å². The van der Waals surface area contributed by atoms with Crippen molar-refractivity contribution in [1.82, 2.24) is 4.90 Å². The van der Waals surface area contributed by atoms with E-state index in [-0.39, 0.29) is 13.2 Å². The number of hydrogen-bond donors (Lipinski definition) is 0. The zero-order valence-corrected chi connectivity index (χ0v) is 6.70. The Labute approximate surface area is 69.5 Å². The summed E-state index contributed by atoms with van der Waals surface area (Å²) in [5, 5.41) is 0. The van der Waals surface area contributed by atoms with Crippen LogP contribution in [0.2, 0.25) is 0 Å². The molecule has 5 nitrogen and oxygen atoms in total. The zero-order chi connectivity index (χ0) is 9.14. The second-order valence-electron chi connectivity index (χ2n) is 2.16. The maximum Gasteiger partial charge on any atom is 0.424 e. The van der Waals surface area contributed by atoms with Crippen LogP contribution in [0.3, 0.4) is 0 Å². The van der Waals surface area contributed by atoms with Crippen molar-refractivity contribution in [2.24, 2.45) is 0 Å². The molecule has 1 aliphatic heterocycles. The molecule has 0 unspecified atom stereocenters. The molecule has 2 amide bonds. The summed E-state index contributed by atoms with van der Waals surface area (Å²) in [6.45, 7) is 5.39. The van der Waals surface area contributed by atoms with Crippen molar-refractivity contribution < 1.29 is 19.1 Å². The highest BCUT2D eigenvalue weighted by atomic mass is 16.6. The van der Waals surface area contributed by atoms with E-state index in [9.17, 15) is 9.59 Å². The summed E-state index contributed by atoms with van der Waals surface area (Å²) in [7, 11) is 0. The first-order valence-electron chi connectivity index (χ1n) is 3.48. The summed E-state index contributed by atoms with van der Waals surface area (Å²) < 4.78 is 9.12. The Balaban J connectivity index is 2.66. The van der Waals surface area contributed by atoms with Gasteiger partial charge in [0, 0.05) is 0 Å². The minimum atomic E-state index is -0.731. The molecule has 0 atom stereocenters. The number of carbonyl (C=O) groups is 2. The van der Waals surface area contributed by atoms with Gasteiger partial charge in [-0.25, -0.2) is 9.59 Å². The number of imide groups is 1. The van der Waals surface area contributed by atoms with Gasteiger partial charge in [0.05, 0.1) is 12.3 Å². The van der Waals surface area contributed by atoms with Crippen molar-refractivity contribution in [1.29, 1.82) is 0 Å². The molecule has 12 heavy (non-hydrogen) atoms. The molecule has 1 heterocycles. The lowest BCUT2D eigenvalue weighted by Gasteiger charge is -2.10. The largest absolute Gasteiger partial charge is 0.449 e. The van der Waals surface area contributed by atoms with Crippen molar-refractivity contribution in [3.8, 4) is 0 Å². The smallest absolute Gasteiger partial charge is 0.424 e. The van der Waals surface area contributed by atoms with Crippen LogP contribution >= 0.6 is 0 Å². The van der Waals surface area contributed by atoms with Crippen molar-refractivity contribution >= 4 is 12.2 Å². The molecule has 0 saturated carbocycles. The van der Waals surface area contributed by atoms with Gasteiger partial charge in [0.2, 0.25) is 0 Å². The molecule has 1 aliphatic rings. The van der Waals surface area contributed by atoms with E-state index < -0.39 is 12.2 Å². The summed E-state index contributed by atoms with van der Waals surface area (Å²) in [4.78, 5) is 22.6. The summed E-state index contributed by atoms with van der Waals surface area (Å²) in [6, 6.07) is 0. The lowest BCUT2D eigenvalue weighted by Crippen LogP contribution is -2.30. The van der Waals surface area contributed by atoms with E-state index in [4.69, 9.17) is 0 Å². The van der Waals surface area contributed by atoms with Crippen LogP contribution in [-0.2, 0) is 9.47 Å². The van der Waals surface area contributed by atoms with Crippen LogP contribution in [0.4, 0.5) is 9.59 Å². The van der Waals surface area contributed by atoms with Gasteiger partial charge < -0.3 is 9.47 Å². The lowest BCUT2D eigenvalue weighted by molar-refractivity contribution is 0.117. The van der Waals surface area contributed by atoms with Crippen molar-refractivity contribution in [2.75, 3.05) is 13.2 Å². The third-order valence-electron chi connectivity index (χ3n) is 1.31. The number of ether oxygens (including phenoxy) is 2. The van der Waals surface area contributed by atoms with Crippen LogP contribution in [0.5, 0.6) is 0 Å². The molecule has 0 aliphatic carbocycles. The Morgan fingerprint density at radius 1 is 1.83 bits per heavy atom. The second kappa shape index (κ2) is 3.25. The van der Waals surface area contributed by atoms with Crippen molar-refractivity contribution in [2.45, 2.75) is 6.92 Å². The molecule has 0 bridgehead atoms. The van der Waals surface area contributed by atoms with Crippen LogP contribution in [0.25, 0.3) is 0 Å². The second-order valence-corrected chi connectivity index (χ2v) is 2.16. The van der Waals surface area contributed by atoms with Gasteiger partial charge in [-0.2, -0.15) is 4.90 Å². The third kappa shape index (κ3) is 1.39. The summed E-state index contributed by atoms with van der Waals surface area (Å²) in [5.41, 5.74) is 0.304. The van der Waals surface area contributed by atoms with Gasteiger partial charge in [-0.1, -0.05) is 6.58 Å². The van der Waals surface area contributed by atoms with Gasteiger partial charge in [-0.05, 0) is 6.92 Å². The molecule has 66 valence electrons. The fraction of sp³-hybridized carbons (Fsp3) is 0.429. The number of carbonyl (C=O) groups excluding carboxylic acids is 2. The van der Waals surface area contributed by atoms with E-state index in [1.54, 1.807) is 6.92 Å². The van der Waals surface area contributed by atoms with Crippen LogP contribution in [0.1, 0.15) is 6.92 Å². The molecule has 5 heteroatoms. The van der Waals surface area contributed by atoms with Crippen LogP contribution in [-0.4, -0.2) is 30.3 Å². The highest BCUT2D eigenvalue weighted by Crippen LogP contribution is 2.14. The first-order chi connectivity index (χ1) is 5.66. The molecule has 0 aromatic carbocycles. The van der Waals surface area contributed by atoms with Gasteiger partial charge in [0.25, 0.3) is 0 Å². The minimum Gasteiger partial charge on any atom is -0.449 e. The maximum absolute atomic E-state index is 11.0. The molecule has 0 radical (unpaired) electrons. The molecule has 1 fully saturated rings. The Hall–Kier alpha value is -1.52. The highest BCUT2D eigenvalue weighted by molar-refractivity contribution is 5.91. The average Bonchev–Trinajstić information content (AvgIpc) is 2.32. The number of amides is 2. The fourth-order valence-electron chi connectivity index (χ4n) is 0.795. The lowest BCUT2D eigenvalue weighted by atomic mass is 10.5. The van der Waals surface area contributed by atoms with Gasteiger partial charge in [0.1, 0.15) is 6.61 Å². The molecule has 0 spiro atoms. The minimum absolute atomic E-state index is 0.0532. The normalized spacial score (nSPS) is 16.2. The molecule has 0 aromatic heterocycles. The van der Waals surface area contributed by atoms with Gasteiger partial charge in [-0.15, -0.1) is 0 Å². The fourth-order valence-corrected chi connectivity index (χ4v) is 0.795. The highest BCUT2D eigenvalue weighted by Gasteiger charge is 2.33. The van der Waals surface area contributed by atoms with Gasteiger partial charge >= 0.3 is 12.2 Å². The maximum atomic E-state index is 11.0. The average molecular weight is 171 g/mol. The van der Waals surface area contributed by atoms with Crippen LogP contribution in [0, 0.1) is 0 Å². The Bertz CT molecular complexity index is 220. The summed E-state index contributed by atoms with van der Waals surface area (Å²) in [5.74, 6) is 0. The molecule has 1 rings (SSSR count). The van der Waals surface area contributed by atoms with E-state index in [1.165, 1.54) is 0 Å². The predicted octanol–water partition coefficient (Wildman–Crippen LogP) is 1.11. The van der Waals surface area contributed by atoms with Crippen LogP contribution < -0.4 is 0 Å².